The van der Waals surface area contributed by atoms with E-state index in [1.807, 2.05) is 36.4 Å². The van der Waals surface area contributed by atoms with E-state index < -0.39 is 6.04 Å². The predicted molar refractivity (Wildman–Crippen MR) is 221 cm³/mol. The van der Waals surface area contributed by atoms with Gasteiger partial charge in [0, 0.05) is 41.7 Å². The molecule has 4 aliphatic rings. The highest BCUT2D eigenvalue weighted by atomic mass is 32.1. The average molecular weight is 803 g/mol. The van der Waals surface area contributed by atoms with Crippen LogP contribution in [0.5, 0.6) is 23.0 Å². The van der Waals surface area contributed by atoms with Crippen LogP contribution in [0.25, 0.3) is 20.5 Å². The first-order valence-electron chi connectivity index (χ1n) is 20.4. The fourth-order valence-electron chi connectivity index (χ4n) is 8.89. The van der Waals surface area contributed by atoms with Gasteiger partial charge in [-0.25, -0.2) is 4.39 Å². The number of aromatic hydroxyl groups is 1. The maximum absolute atomic E-state index is 13.7. The number of carbonyl (C=O) groups excluding carboxylic acids is 3. The van der Waals surface area contributed by atoms with E-state index in [9.17, 15) is 23.9 Å². The normalized spacial score (nSPS) is 19.8. The number of ether oxygens (including phenoxy) is 2. The monoisotopic (exact) mass is 802 g/mol. The molecule has 1 aromatic heterocycles. The fourth-order valence-corrected chi connectivity index (χ4v) is 10.1. The Kier molecular flexibility index (Phi) is 10.9. The lowest BCUT2D eigenvalue weighted by Gasteiger charge is -2.36. The summed E-state index contributed by atoms with van der Waals surface area (Å²) < 4.78 is 27.2. The van der Waals surface area contributed by atoms with Crippen LogP contribution in [-0.2, 0) is 16.1 Å². The summed E-state index contributed by atoms with van der Waals surface area (Å²) >= 11 is 1.50. The number of fused-ring (bicyclic) bond motifs is 2. The topological polar surface area (TPSA) is 112 Å². The lowest BCUT2D eigenvalue weighted by molar-refractivity contribution is -0.136. The van der Waals surface area contributed by atoms with Crippen molar-refractivity contribution in [3.63, 3.8) is 0 Å². The molecule has 0 spiro atoms. The van der Waals surface area contributed by atoms with E-state index in [4.69, 9.17) is 9.47 Å². The molecule has 3 amide bonds. The van der Waals surface area contributed by atoms with E-state index in [-0.39, 0.29) is 35.7 Å². The van der Waals surface area contributed by atoms with Gasteiger partial charge in [-0.1, -0.05) is 24.3 Å². The molecule has 2 N–H and O–H groups in total. The number of halogens is 1. The molecule has 0 radical (unpaired) electrons. The Bertz CT molecular complexity index is 2320. The quantitative estimate of drug-likeness (QED) is 0.130. The van der Waals surface area contributed by atoms with Crippen molar-refractivity contribution in [2.75, 3.05) is 45.9 Å². The molecule has 3 saturated heterocycles. The van der Waals surface area contributed by atoms with Gasteiger partial charge >= 0.3 is 0 Å². The second-order valence-electron chi connectivity index (χ2n) is 16.0. The van der Waals surface area contributed by atoms with Crippen molar-refractivity contribution in [1.82, 2.24) is 20.0 Å². The lowest BCUT2D eigenvalue weighted by atomic mass is 9.88. The first-order valence-corrected chi connectivity index (χ1v) is 21.2. The molecule has 12 heteroatoms. The number of phenolic OH excluding ortho intramolecular Hbond substituents is 1. The van der Waals surface area contributed by atoms with E-state index in [0.29, 0.717) is 48.5 Å². The second-order valence-corrected chi connectivity index (χ2v) is 17.1. The number of nitrogens with one attached hydrogen (secondary N) is 1. The highest BCUT2D eigenvalue weighted by molar-refractivity contribution is 7.22. The Morgan fingerprint density at radius 1 is 0.793 bits per heavy atom. The number of imide groups is 1. The van der Waals surface area contributed by atoms with Gasteiger partial charge in [0.1, 0.15) is 29.1 Å². The molecule has 1 atom stereocenters. The van der Waals surface area contributed by atoms with Crippen molar-refractivity contribution in [1.29, 1.82) is 0 Å². The van der Waals surface area contributed by atoms with Gasteiger partial charge in [-0.2, -0.15) is 0 Å². The molecule has 0 bridgehead atoms. The highest BCUT2D eigenvalue weighted by Crippen LogP contribution is 2.47. The SMILES string of the molecule is O=C1CCC(N2Cc3cc(C4CCN(CCN5CCC(COc6ccc(Oc7c(-c8ccc(F)cc8)sc8cc(O)ccc78)cc6)CC5)CC4)ccc3C2=O)C(=O)N1. The summed E-state index contributed by atoms with van der Waals surface area (Å²) in [6, 6.07) is 24.9. The third-order valence-electron chi connectivity index (χ3n) is 12.3. The van der Waals surface area contributed by atoms with E-state index in [1.54, 1.807) is 29.2 Å². The number of carbonyl (C=O) groups is 3. The second kappa shape index (κ2) is 16.5. The Morgan fingerprint density at radius 3 is 2.22 bits per heavy atom. The molecule has 300 valence electrons. The van der Waals surface area contributed by atoms with Gasteiger partial charge < -0.3 is 29.3 Å². The lowest BCUT2D eigenvalue weighted by Crippen LogP contribution is -2.52. The van der Waals surface area contributed by atoms with Crippen molar-refractivity contribution in [2.45, 2.75) is 57.0 Å². The maximum Gasteiger partial charge on any atom is 0.255 e. The largest absolute Gasteiger partial charge is 0.508 e. The predicted octanol–water partition coefficient (Wildman–Crippen LogP) is 7.94. The van der Waals surface area contributed by atoms with Gasteiger partial charge in [-0.3, -0.25) is 19.7 Å². The zero-order chi connectivity index (χ0) is 39.8. The molecular weight excluding hydrogens is 756 g/mol. The molecule has 9 rings (SSSR count). The summed E-state index contributed by atoms with van der Waals surface area (Å²) in [5.41, 5.74) is 3.78. The summed E-state index contributed by atoms with van der Waals surface area (Å²) in [4.78, 5) is 44.8. The summed E-state index contributed by atoms with van der Waals surface area (Å²) in [6.07, 6.45) is 5.03. The number of rotatable bonds is 11. The van der Waals surface area contributed by atoms with Crippen LogP contribution < -0.4 is 14.8 Å². The van der Waals surface area contributed by atoms with E-state index in [1.165, 1.54) is 29.0 Å². The van der Waals surface area contributed by atoms with Crippen LogP contribution in [0.1, 0.15) is 65.9 Å². The zero-order valence-corrected chi connectivity index (χ0v) is 33.1. The minimum Gasteiger partial charge on any atom is -0.508 e. The Morgan fingerprint density at radius 2 is 1.50 bits per heavy atom. The molecule has 4 aromatic carbocycles. The highest BCUT2D eigenvalue weighted by Gasteiger charge is 2.39. The summed E-state index contributed by atoms with van der Waals surface area (Å²) in [6.45, 7) is 7.50. The number of benzene rings is 4. The van der Waals surface area contributed by atoms with Gasteiger partial charge in [-0.05, 0) is 147 Å². The van der Waals surface area contributed by atoms with Crippen LogP contribution in [-0.4, -0.2) is 89.4 Å². The van der Waals surface area contributed by atoms with Crippen LogP contribution in [0, 0.1) is 11.7 Å². The van der Waals surface area contributed by atoms with E-state index in [0.717, 1.165) is 96.8 Å². The van der Waals surface area contributed by atoms with Crippen LogP contribution in [0.4, 0.5) is 4.39 Å². The Hall–Kier alpha value is -5.30. The third kappa shape index (κ3) is 8.18. The van der Waals surface area contributed by atoms with Gasteiger partial charge in [0.2, 0.25) is 11.8 Å². The number of nitrogens with zero attached hydrogens (tertiary/aromatic N) is 3. The minimum absolute atomic E-state index is 0.118. The molecule has 3 fully saturated rings. The molecule has 5 heterocycles. The number of hydrogen-bond donors (Lipinski definition) is 2. The standard InChI is InChI=1S/C46H47FN4O6S/c47-34-4-1-31(2-5-34)44-43(39-12-6-35(52)26-41(39)58-44)57-37-9-7-36(8-10-37)56-28-29-15-19-49(20-16-29)23-24-50-21-17-30(18-22-50)32-3-11-38-33(25-32)27-51(46(38)55)40-13-14-42(53)48-45(40)54/h1-12,25-26,29-30,40,52H,13-24,27-28H2,(H,48,53,54). The van der Waals surface area contributed by atoms with Gasteiger partial charge in [0.15, 0.2) is 5.75 Å². The molecule has 10 nitrogen and oxygen atoms in total. The fraction of sp³-hybridized carbons (Fsp3) is 0.370. The molecule has 1 unspecified atom stereocenters. The zero-order valence-electron chi connectivity index (χ0n) is 32.3. The number of amides is 3. The first kappa shape index (κ1) is 38.2. The van der Waals surface area contributed by atoms with Crippen molar-refractivity contribution in [2.24, 2.45) is 5.92 Å². The minimum atomic E-state index is -0.585. The Labute approximate surface area is 341 Å². The van der Waals surface area contributed by atoms with E-state index in [2.05, 4.69) is 27.2 Å². The summed E-state index contributed by atoms with van der Waals surface area (Å²) in [5.74, 6) is 2.24. The maximum atomic E-state index is 13.7. The first-order chi connectivity index (χ1) is 28.2. The molecule has 5 aromatic rings. The van der Waals surface area contributed by atoms with Crippen molar-refractivity contribution < 1.29 is 33.4 Å². The molecule has 0 aliphatic carbocycles. The van der Waals surface area contributed by atoms with Gasteiger partial charge in [-0.15, -0.1) is 11.3 Å². The molecule has 0 saturated carbocycles. The Balaban J connectivity index is 0.706. The number of piperidine rings is 3. The number of likely N-dealkylation sites (tertiary alicyclic amines) is 2. The van der Waals surface area contributed by atoms with Crippen molar-refractivity contribution in [3.05, 3.63) is 107 Å². The number of thiophene rings is 1. The van der Waals surface area contributed by atoms with Crippen LogP contribution in [0.2, 0.25) is 0 Å². The van der Waals surface area contributed by atoms with Crippen LogP contribution in [0.15, 0.2) is 84.9 Å². The smallest absolute Gasteiger partial charge is 0.255 e. The summed E-state index contributed by atoms with van der Waals surface area (Å²) in [7, 11) is 0. The molecule has 4 aliphatic heterocycles. The van der Waals surface area contributed by atoms with Gasteiger partial charge in [0.25, 0.3) is 5.91 Å². The van der Waals surface area contributed by atoms with Crippen LogP contribution in [0.3, 0.4) is 0 Å². The van der Waals surface area contributed by atoms with E-state index >= 15 is 0 Å². The number of phenols is 1. The number of hydrogen-bond acceptors (Lipinski definition) is 9. The van der Waals surface area contributed by atoms with Gasteiger partial charge in [0.05, 0.1) is 11.5 Å². The van der Waals surface area contributed by atoms with Crippen LogP contribution >= 0.6 is 11.3 Å². The van der Waals surface area contributed by atoms with Crippen molar-refractivity contribution >= 4 is 39.1 Å². The average Bonchev–Trinajstić information content (AvgIpc) is 3.76. The third-order valence-corrected chi connectivity index (χ3v) is 13.5. The summed E-state index contributed by atoms with van der Waals surface area (Å²) in [5, 5.41) is 13.3. The molecular formula is C46H47FN4O6S. The molecule has 58 heavy (non-hydrogen) atoms. The van der Waals surface area contributed by atoms with Crippen molar-refractivity contribution in [3.8, 4) is 33.4 Å².